The Labute approximate surface area is 75.0 Å². The third kappa shape index (κ3) is 2.23. The van der Waals surface area contributed by atoms with E-state index in [-0.39, 0.29) is 0 Å². The summed E-state index contributed by atoms with van der Waals surface area (Å²) in [5.41, 5.74) is 0. The third-order valence-corrected chi connectivity index (χ3v) is 2.37. The van der Waals surface area contributed by atoms with Crippen molar-refractivity contribution >= 4 is 0 Å². The summed E-state index contributed by atoms with van der Waals surface area (Å²) in [6.07, 6.45) is 14.9. The minimum atomic E-state index is 0.735. The highest BCUT2D eigenvalue weighted by molar-refractivity contribution is 5.11. The highest BCUT2D eigenvalue weighted by Crippen LogP contribution is 2.36. The van der Waals surface area contributed by atoms with E-state index in [0.717, 1.165) is 11.8 Å². The topological polar surface area (TPSA) is 0 Å². The van der Waals surface area contributed by atoms with Gasteiger partial charge in [-0.15, -0.1) is 0 Å². The van der Waals surface area contributed by atoms with Gasteiger partial charge in [0.15, 0.2) is 0 Å². The van der Waals surface area contributed by atoms with Crippen molar-refractivity contribution in [2.45, 2.75) is 12.8 Å². The minimum Gasteiger partial charge on any atom is -0.0991 e. The molecule has 0 aromatic rings. The molecule has 0 aromatic heterocycles. The van der Waals surface area contributed by atoms with E-state index in [1.807, 2.05) is 24.3 Å². The summed E-state index contributed by atoms with van der Waals surface area (Å²) in [5, 5.41) is 0. The van der Waals surface area contributed by atoms with Crippen molar-refractivity contribution in [1.29, 1.82) is 0 Å². The standard InChI is InChI=1S/C12H16/c1-3-5-7-11-9-10-12(11)8-6-4-2/h3-8,11-12H,1-2,9-10H2/b7-5+,8-6+. The summed E-state index contributed by atoms with van der Waals surface area (Å²) in [6.45, 7) is 7.31. The number of allylic oxidation sites excluding steroid dienone is 6. The van der Waals surface area contributed by atoms with Crippen LogP contribution < -0.4 is 0 Å². The van der Waals surface area contributed by atoms with E-state index in [0.29, 0.717) is 0 Å². The SMILES string of the molecule is C=C/C=C/C1CCC1/C=C/C=C. The second kappa shape index (κ2) is 4.76. The fraction of sp³-hybridized carbons (Fsp3) is 0.333. The van der Waals surface area contributed by atoms with E-state index in [1.54, 1.807) is 0 Å². The van der Waals surface area contributed by atoms with Crippen LogP contribution >= 0.6 is 0 Å². The normalized spacial score (nSPS) is 29.0. The zero-order valence-electron chi connectivity index (χ0n) is 7.45. The van der Waals surface area contributed by atoms with Gasteiger partial charge >= 0.3 is 0 Å². The molecular weight excluding hydrogens is 144 g/mol. The van der Waals surface area contributed by atoms with Crippen molar-refractivity contribution in [2.24, 2.45) is 11.8 Å². The van der Waals surface area contributed by atoms with Crippen LogP contribution in [0.25, 0.3) is 0 Å². The Morgan fingerprint density at radius 2 is 1.25 bits per heavy atom. The van der Waals surface area contributed by atoms with Gasteiger partial charge in [-0.1, -0.05) is 49.6 Å². The summed E-state index contributed by atoms with van der Waals surface area (Å²) >= 11 is 0. The zero-order valence-corrected chi connectivity index (χ0v) is 7.45. The van der Waals surface area contributed by atoms with Crippen LogP contribution in [0, 0.1) is 11.8 Å². The van der Waals surface area contributed by atoms with Gasteiger partial charge in [0.05, 0.1) is 0 Å². The van der Waals surface area contributed by atoms with Crippen LogP contribution in [0.2, 0.25) is 0 Å². The van der Waals surface area contributed by atoms with Crippen molar-refractivity contribution in [3.05, 3.63) is 49.6 Å². The predicted octanol–water partition coefficient (Wildman–Crippen LogP) is 3.50. The van der Waals surface area contributed by atoms with Crippen LogP contribution in [0.15, 0.2) is 49.6 Å². The maximum Gasteiger partial charge on any atom is -0.0167 e. The molecule has 0 aliphatic heterocycles. The van der Waals surface area contributed by atoms with Crippen LogP contribution in [0.3, 0.4) is 0 Å². The Kier molecular flexibility index (Phi) is 3.59. The smallest absolute Gasteiger partial charge is 0.0167 e. The highest BCUT2D eigenvalue weighted by atomic mass is 14.3. The zero-order chi connectivity index (χ0) is 8.81. The summed E-state index contributed by atoms with van der Waals surface area (Å²) in [4.78, 5) is 0. The molecule has 0 radical (unpaired) electrons. The van der Waals surface area contributed by atoms with Crippen molar-refractivity contribution in [3.8, 4) is 0 Å². The van der Waals surface area contributed by atoms with Crippen LogP contribution in [-0.4, -0.2) is 0 Å². The molecule has 1 fully saturated rings. The third-order valence-electron chi connectivity index (χ3n) is 2.37. The number of hydrogen-bond acceptors (Lipinski definition) is 0. The maximum atomic E-state index is 3.66. The average molecular weight is 160 g/mol. The number of hydrogen-bond donors (Lipinski definition) is 0. The molecule has 1 aliphatic carbocycles. The molecule has 0 heterocycles. The largest absolute Gasteiger partial charge is 0.0991 e. The van der Waals surface area contributed by atoms with E-state index in [4.69, 9.17) is 0 Å². The van der Waals surface area contributed by atoms with E-state index in [1.165, 1.54) is 12.8 Å². The van der Waals surface area contributed by atoms with Gasteiger partial charge in [-0.2, -0.15) is 0 Å². The predicted molar refractivity (Wildman–Crippen MR) is 54.9 cm³/mol. The van der Waals surface area contributed by atoms with E-state index in [2.05, 4.69) is 25.3 Å². The molecule has 0 amide bonds. The highest BCUT2D eigenvalue weighted by Gasteiger charge is 2.25. The Balaban J connectivity index is 2.38. The molecule has 0 aromatic carbocycles. The molecule has 2 atom stereocenters. The average Bonchev–Trinajstić information content (AvgIpc) is 2.04. The molecule has 0 bridgehead atoms. The number of rotatable bonds is 4. The molecule has 0 spiro atoms. The molecule has 0 nitrogen and oxygen atoms in total. The Bertz CT molecular complexity index is 184. The first-order chi connectivity index (χ1) is 5.88. The molecule has 0 N–H and O–H groups in total. The molecule has 0 heteroatoms. The van der Waals surface area contributed by atoms with Gasteiger partial charge in [0.25, 0.3) is 0 Å². The molecule has 0 saturated heterocycles. The van der Waals surface area contributed by atoms with Crippen LogP contribution in [0.4, 0.5) is 0 Å². The van der Waals surface area contributed by atoms with Crippen molar-refractivity contribution < 1.29 is 0 Å². The fourth-order valence-electron chi connectivity index (χ4n) is 1.47. The first-order valence-corrected chi connectivity index (χ1v) is 4.47. The molecule has 1 aliphatic rings. The first kappa shape index (κ1) is 9.05. The second-order valence-corrected chi connectivity index (χ2v) is 3.15. The monoisotopic (exact) mass is 160 g/mol. The maximum absolute atomic E-state index is 3.66. The Morgan fingerprint density at radius 1 is 0.833 bits per heavy atom. The van der Waals surface area contributed by atoms with E-state index < -0.39 is 0 Å². The van der Waals surface area contributed by atoms with Gasteiger partial charge in [0.1, 0.15) is 0 Å². The molecule has 1 rings (SSSR count). The molecule has 64 valence electrons. The van der Waals surface area contributed by atoms with Crippen molar-refractivity contribution in [1.82, 2.24) is 0 Å². The van der Waals surface area contributed by atoms with Crippen molar-refractivity contribution in [2.75, 3.05) is 0 Å². The molecule has 1 saturated carbocycles. The fourth-order valence-corrected chi connectivity index (χ4v) is 1.47. The Morgan fingerprint density at radius 3 is 1.50 bits per heavy atom. The first-order valence-electron chi connectivity index (χ1n) is 4.47. The van der Waals surface area contributed by atoms with Gasteiger partial charge in [0.2, 0.25) is 0 Å². The van der Waals surface area contributed by atoms with Crippen LogP contribution in [0.5, 0.6) is 0 Å². The lowest BCUT2D eigenvalue weighted by molar-refractivity contribution is 0.286. The summed E-state index contributed by atoms with van der Waals surface area (Å²) < 4.78 is 0. The lowest BCUT2D eigenvalue weighted by Gasteiger charge is -2.32. The van der Waals surface area contributed by atoms with Gasteiger partial charge in [-0.05, 0) is 24.7 Å². The van der Waals surface area contributed by atoms with E-state index >= 15 is 0 Å². The van der Waals surface area contributed by atoms with Crippen molar-refractivity contribution in [3.63, 3.8) is 0 Å². The van der Waals surface area contributed by atoms with Crippen LogP contribution in [-0.2, 0) is 0 Å². The lowest BCUT2D eigenvalue weighted by atomic mass is 9.73. The Hall–Kier alpha value is -1.04. The summed E-state index contributed by atoms with van der Waals surface area (Å²) in [5.74, 6) is 1.47. The van der Waals surface area contributed by atoms with Crippen LogP contribution in [0.1, 0.15) is 12.8 Å². The minimum absolute atomic E-state index is 0.735. The molecular formula is C12H16. The van der Waals surface area contributed by atoms with E-state index in [9.17, 15) is 0 Å². The van der Waals surface area contributed by atoms with Gasteiger partial charge in [-0.25, -0.2) is 0 Å². The summed E-state index contributed by atoms with van der Waals surface area (Å²) in [6, 6.07) is 0. The lowest BCUT2D eigenvalue weighted by Crippen LogP contribution is -2.21. The molecule has 2 unspecified atom stereocenters. The quantitative estimate of drug-likeness (QED) is 0.552. The molecule has 12 heavy (non-hydrogen) atoms. The summed E-state index contributed by atoms with van der Waals surface area (Å²) in [7, 11) is 0. The van der Waals surface area contributed by atoms with Gasteiger partial charge in [-0.3, -0.25) is 0 Å². The van der Waals surface area contributed by atoms with Gasteiger partial charge in [0, 0.05) is 0 Å². The second-order valence-electron chi connectivity index (χ2n) is 3.15. The van der Waals surface area contributed by atoms with Gasteiger partial charge < -0.3 is 0 Å².